The molecule has 0 heterocycles. The summed E-state index contributed by atoms with van der Waals surface area (Å²) in [4.78, 5) is 0. The maximum atomic E-state index is 3.74. The van der Waals surface area contributed by atoms with E-state index in [0.29, 0.717) is 0 Å². The molecule has 1 heteroatoms. The van der Waals surface area contributed by atoms with Crippen LogP contribution < -0.4 is 0 Å². The van der Waals surface area contributed by atoms with Gasteiger partial charge in [0.1, 0.15) is 0 Å². The van der Waals surface area contributed by atoms with Crippen LogP contribution in [-0.4, -0.2) is 0 Å². The fourth-order valence-electron chi connectivity index (χ4n) is 5.82. The molecule has 29 heavy (non-hydrogen) atoms. The lowest BCUT2D eigenvalue weighted by atomic mass is 9.55. The van der Waals surface area contributed by atoms with E-state index in [9.17, 15) is 0 Å². The first-order valence-electron chi connectivity index (χ1n) is 10.2. The smallest absolute Gasteiger partial charge is 0.0619 e. The average molecular weight is 437 g/mol. The van der Waals surface area contributed by atoms with Gasteiger partial charge in [-0.25, -0.2) is 0 Å². The van der Waals surface area contributed by atoms with Crippen molar-refractivity contribution < 1.29 is 0 Å². The van der Waals surface area contributed by atoms with E-state index in [1.165, 1.54) is 44.5 Å². The second-order valence-electron chi connectivity index (χ2n) is 8.70. The summed E-state index contributed by atoms with van der Waals surface area (Å²) >= 11 is 3.74. The predicted octanol–water partition coefficient (Wildman–Crippen LogP) is 7.45. The van der Waals surface area contributed by atoms with Crippen LogP contribution in [0.1, 0.15) is 47.2 Å². The van der Waals surface area contributed by atoms with Gasteiger partial charge in [-0.05, 0) is 56.6 Å². The Morgan fingerprint density at radius 2 is 1.00 bits per heavy atom. The monoisotopic (exact) mass is 436 g/mol. The number of hydrogen-bond donors (Lipinski definition) is 0. The second-order valence-corrected chi connectivity index (χ2v) is 9.62. The molecule has 0 unspecified atom stereocenters. The van der Waals surface area contributed by atoms with Gasteiger partial charge in [0.25, 0.3) is 0 Å². The van der Waals surface area contributed by atoms with Gasteiger partial charge in [0.15, 0.2) is 0 Å². The van der Waals surface area contributed by atoms with Crippen molar-refractivity contribution >= 4 is 15.9 Å². The van der Waals surface area contributed by atoms with Gasteiger partial charge < -0.3 is 0 Å². The molecule has 0 N–H and O–H groups in total. The average Bonchev–Trinajstić information content (AvgIpc) is 3.04. The van der Waals surface area contributed by atoms with Crippen LogP contribution in [0.3, 0.4) is 0 Å². The summed E-state index contributed by atoms with van der Waals surface area (Å²) in [5, 5.41) is 0. The SMILES string of the molecule is CC1(C)c2ccccc2C2(c3ccccc3-c3ccccc32)c2ccc(Br)cc21. The Bertz CT molecular complexity index is 1250. The molecular formula is C28H21Br. The first kappa shape index (κ1) is 17.2. The number of hydrogen-bond acceptors (Lipinski definition) is 0. The molecule has 0 atom stereocenters. The first-order valence-corrected chi connectivity index (χ1v) is 11.0. The largest absolute Gasteiger partial charge is 0.0719 e. The molecule has 0 aromatic heterocycles. The molecule has 0 aliphatic heterocycles. The summed E-state index contributed by atoms with van der Waals surface area (Å²) in [7, 11) is 0. The van der Waals surface area contributed by atoms with E-state index in [1.54, 1.807) is 0 Å². The van der Waals surface area contributed by atoms with E-state index < -0.39 is 0 Å². The van der Waals surface area contributed by atoms with Gasteiger partial charge in [-0.15, -0.1) is 0 Å². The van der Waals surface area contributed by atoms with Crippen LogP contribution >= 0.6 is 15.9 Å². The van der Waals surface area contributed by atoms with Crippen LogP contribution in [-0.2, 0) is 10.8 Å². The molecule has 1 spiro atoms. The Kier molecular flexibility index (Phi) is 3.39. The van der Waals surface area contributed by atoms with Crippen molar-refractivity contribution in [1.29, 1.82) is 0 Å². The van der Waals surface area contributed by atoms with Gasteiger partial charge in [-0.1, -0.05) is 109 Å². The lowest BCUT2D eigenvalue weighted by Crippen LogP contribution is -2.40. The molecule has 4 aromatic rings. The van der Waals surface area contributed by atoms with Crippen LogP contribution in [0.4, 0.5) is 0 Å². The van der Waals surface area contributed by atoms with Crippen LogP contribution in [0.2, 0.25) is 0 Å². The minimum atomic E-state index is -0.269. The molecule has 4 aromatic carbocycles. The zero-order valence-electron chi connectivity index (χ0n) is 16.5. The number of halogens is 1. The third kappa shape index (κ3) is 1.99. The molecule has 6 rings (SSSR count). The normalized spacial score (nSPS) is 16.7. The van der Waals surface area contributed by atoms with Crippen molar-refractivity contribution in [3.8, 4) is 11.1 Å². The highest BCUT2D eigenvalue weighted by atomic mass is 79.9. The quantitative estimate of drug-likeness (QED) is 0.236. The highest BCUT2D eigenvalue weighted by molar-refractivity contribution is 9.10. The Labute approximate surface area is 180 Å². The van der Waals surface area contributed by atoms with Crippen LogP contribution in [0.15, 0.2) is 95.5 Å². The summed E-state index contributed by atoms with van der Waals surface area (Å²) < 4.78 is 1.14. The predicted molar refractivity (Wildman–Crippen MR) is 124 cm³/mol. The molecular weight excluding hydrogens is 416 g/mol. The summed E-state index contributed by atoms with van der Waals surface area (Å²) in [6, 6.07) is 33.9. The minimum Gasteiger partial charge on any atom is -0.0619 e. The second kappa shape index (κ2) is 5.70. The van der Waals surface area contributed by atoms with E-state index in [0.717, 1.165) is 4.47 Å². The maximum absolute atomic E-state index is 3.74. The maximum Gasteiger partial charge on any atom is 0.0719 e. The van der Waals surface area contributed by atoms with Gasteiger partial charge in [0.05, 0.1) is 5.41 Å². The summed E-state index contributed by atoms with van der Waals surface area (Å²) in [6.07, 6.45) is 0. The summed E-state index contributed by atoms with van der Waals surface area (Å²) in [5.74, 6) is 0. The Balaban J connectivity index is 1.88. The Hall–Kier alpha value is -2.64. The van der Waals surface area contributed by atoms with Crippen LogP contribution in [0.25, 0.3) is 11.1 Å². The van der Waals surface area contributed by atoms with Crippen molar-refractivity contribution in [3.05, 3.63) is 129 Å². The Morgan fingerprint density at radius 3 is 1.62 bits per heavy atom. The highest BCUT2D eigenvalue weighted by Crippen LogP contribution is 2.62. The zero-order valence-corrected chi connectivity index (χ0v) is 18.1. The summed E-state index contributed by atoms with van der Waals surface area (Å²) in [6.45, 7) is 4.72. The van der Waals surface area contributed by atoms with E-state index in [1.807, 2.05) is 0 Å². The van der Waals surface area contributed by atoms with E-state index in [2.05, 4.69) is 121 Å². The van der Waals surface area contributed by atoms with Crippen molar-refractivity contribution in [1.82, 2.24) is 0 Å². The molecule has 0 saturated carbocycles. The number of rotatable bonds is 0. The fourth-order valence-corrected chi connectivity index (χ4v) is 6.18. The molecule has 0 nitrogen and oxygen atoms in total. The molecule has 2 aliphatic rings. The van der Waals surface area contributed by atoms with Gasteiger partial charge in [0.2, 0.25) is 0 Å². The Morgan fingerprint density at radius 1 is 0.517 bits per heavy atom. The lowest BCUT2D eigenvalue weighted by Gasteiger charge is -2.46. The van der Waals surface area contributed by atoms with Gasteiger partial charge >= 0.3 is 0 Å². The van der Waals surface area contributed by atoms with Gasteiger partial charge in [0, 0.05) is 9.89 Å². The van der Waals surface area contributed by atoms with Gasteiger partial charge in [-0.3, -0.25) is 0 Å². The van der Waals surface area contributed by atoms with Crippen molar-refractivity contribution in [2.24, 2.45) is 0 Å². The third-order valence-corrected chi connectivity index (χ3v) is 7.51. The molecule has 0 radical (unpaired) electrons. The number of benzene rings is 4. The molecule has 2 aliphatic carbocycles. The topological polar surface area (TPSA) is 0 Å². The first-order chi connectivity index (χ1) is 14.1. The van der Waals surface area contributed by atoms with Gasteiger partial charge in [-0.2, -0.15) is 0 Å². The molecule has 0 saturated heterocycles. The van der Waals surface area contributed by atoms with E-state index >= 15 is 0 Å². The zero-order chi connectivity index (χ0) is 19.8. The van der Waals surface area contributed by atoms with E-state index in [4.69, 9.17) is 0 Å². The van der Waals surface area contributed by atoms with Crippen molar-refractivity contribution in [2.45, 2.75) is 24.7 Å². The fraction of sp³-hybridized carbons (Fsp3) is 0.143. The van der Waals surface area contributed by atoms with Crippen molar-refractivity contribution in [2.75, 3.05) is 0 Å². The minimum absolute atomic E-state index is 0.0621. The molecule has 0 fully saturated rings. The van der Waals surface area contributed by atoms with Crippen LogP contribution in [0.5, 0.6) is 0 Å². The lowest BCUT2D eigenvalue weighted by molar-refractivity contribution is 0.563. The van der Waals surface area contributed by atoms with Crippen molar-refractivity contribution in [3.63, 3.8) is 0 Å². The highest BCUT2D eigenvalue weighted by Gasteiger charge is 2.53. The van der Waals surface area contributed by atoms with Crippen LogP contribution in [0, 0.1) is 0 Å². The molecule has 0 amide bonds. The standard InChI is InChI=1S/C28H21Br/c1-27(2)23-13-7-8-14-24(23)28(25-16-15-18(29)17-26(25)27)21-11-5-3-9-19(21)20-10-4-6-12-22(20)28/h3-17H,1-2H3. The molecule has 140 valence electrons. The number of fused-ring (bicyclic) bond motifs is 9. The third-order valence-electron chi connectivity index (χ3n) is 7.02. The molecule has 0 bridgehead atoms. The van der Waals surface area contributed by atoms with E-state index in [-0.39, 0.29) is 10.8 Å². The summed E-state index contributed by atoms with van der Waals surface area (Å²) in [5.41, 5.74) is 10.8.